The summed E-state index contributed by atoms with van der Waals surface area (Å²) < 4.78 is 6.25. The van der Waals surface area contributed by atoms with Gasteiger partial charge in [0.25, 0.3) is 0 Å². The Bertz CT molecular complexity index is 2850. The van der Waals surface area contributed by atoms with Crippen molar-refractivity contribution in [3.8, 4) is 0 Å². The molecule has 0 saturated heterocycles. The van der Waals surface area contributed by atoms with Crippen LogP contribution in [0, 0.1) is 0 Å². The molecule has 4 nitrogen and oxygen atoms in total. The number of nitrogens with zero attached hydrogens (tertiary/aromatic N) is 3. The van der Waals surface area contributed by atoms with Gasteiger partial charge < -0.3 is 14.3 Å². The summed E-state index contributed by atoms with van der Waals surface area (Å²) in [7, 11) is 0. The van der Waals surface area contributed by atoms with Crippen LogP contribution in [-0.4, -0.2) is 14.8 Å². The number of benzene rings is 6. The Hall–Kier alpha value is -5.65. The van der Waals surface area contributed by atoms with Crippen molar-refractivity contribution in [1.82, 2.24) is 8.97 Å². The van der Waals surface area contributed by atoms with Gasteiger partial charge in [-0.1, -0.05) is 103 Å². The first-order chi connectivity index (χ1) is 22.3. The summed E-state index contributed by atoms with van der Waals surface area (Å²) in [5.74, 6) is 0.901. The highest BCUT2D eigenvalue weighted by Crippen LogP contribution is 2.50. The van der Waals surface area contributed by atoms with Gasteiger partial charge in [0, 0.05) is 53.5 Å². The van der Waals surface area contributed by atoms with Gasteiger partial charge in [-0.2, -0.15) is 0 Å². The van der Waals surface area contributed by atoms with Crippen molar-refractivity contribution in [1.29, 1.82) is 0 Å². The Kier molecular flexibility index (Phi) is 4.49. The molecule has 1 N–H and O–H groups in total. The van der Waals surface area contributed by atoms with Crippen molar-refractivity contribution in [2.45, 2.75) is 6.17 Å². The molecule has 45 heavy (non-hydrogen) atoms. The average Bonchev–Trinajstić information content (AvgIpc) is 3.83. The molecule has 0 radical (unpaired) electrons. The van der Waals surface area contributed by atoms with Gasteiger partial charge in [0.15, 0.2) is 6.17 Å². The molecule has 0 fully saturated rings. The molecule has 0 aliphatic carbocycles. The standard InChI is InChI=1S/C40H24N4S/c1-2-12-23(13-3-1)38-41-39(36-27-17-7-11-21-33(27)45-40(36)42-38)44-31-20-10-5-15-25(31)34-32(44)22-28-24-14-4-8-18-29(24)43-30-19-9-6-16-26(30)35(34)37(28)43/h1-22,39H,(H,41,42). The number of amidine groups is 1. The number of aliphatic imine (C=N–C) groups is 1. The molecule has 0 saturated carbocycles. The minimum absolute atomic E-state index is 0.246. The summed E-state index contributed by atoms with van der Waals surface area (Å²) >= 11 is 1.81. The number of aromatic nitrogens is 2. The predicted octanol–water partition coefficient (Wildman–Crippen LogP) is 10.6. The summed E-state index contributed by atoms with van der Waals surface area (Å²) in [5.41, 5.74) is 8.53. The van der Waals surface area contributed by atoms with E-state index >= 15 is 0 Å². The molecule has 0 spiro atoms. The molecular formula is C40H24N4S. The maximum atomic E-state index is 5.57. The number of hydrogen-bond acceptors (Lipinski definition) is 3. The summed E-state index contributed by atoms with van der Waals surface area (Å²) in [6, 6.07) is 48.3. The van der Waals surface area contributed by atoms with Crippen LogP contribution >= 0.6 is 11.3 Å². The van der Waals surface area contributed by atoms with Crippen molar-refractivity contribution < 1.29 is 0 Å². The number of anilines is 1. The van der Waals surface area contributed by atoms with Crippen LogP contribution in [0.1, 0.15) is 17.3 Å². The molecule has 1 unspecified atom stereocenters. The highest BCUT2D eigenvalue weighted by molar-refractivity contribution is 7.23. The normalized spacial score (nSPS) is 15.2. The SMILES string of the molecule is c1ccc(C2=NC(n3c4ccccc4c4c5c6ccccc6n6c7ccccc7c(cc43)c56)c3c(sc4ccccc34)N2)cc1. The van der Waals surface area contributed by atoms with E-state index in [1.807, 2.05) is 11.3 Å². The van der Waals surface area contributed by atoms with Crippen LogP contribution in [-0.2, 0) is 0 Å². The first-order valence-corrected chi connectivity index (χ1v) is 16.2. The van der Waals surface area contributed by atoms with E-state index in [1.165, 1.54) is 75.6 Å². The van der Waals surface area contributed by atoms with Crippen LogP contribution in [0.4, 0.5) is 5.00 Å². The Labute approximate surface area is 261 Å². The van der Waals surface area contributed by atoms with Crippen LogP contribution < -0.4 is 5.32 Å². The molecule has 5 heteroatoms. The fraction of sp³-hybridized carbons (Fsp3) is 0.0250. The van der Waals surface area contributed by atoms with Gasteiger partial charge >= 0.3 is 0 Å². The van der Waals surface area contributed by atoms with E-state index in [9.17, 15) is 0 Å². The summed E-state index contributed by atoms with van der Waals surface area (Å²) in [5, 5.41) is 13.9. The first-order valence-electron chi connectivity index (χ1n) is 15.4. The number of rotatable bonds is 2. The van der Waals surface area contributed by atoms with Crippen molar-refractivity contribution in [2.24, 2.45) is 4.99 Å². The van der Waals surface area contributed by atoms with Gasteiger partial charge in [0.05, 0.1) is 27.6 Å². The zero-order valence-corrected chi connectivity index (χ0v) is 24.8. The van der Waals surface area contributed by atoms with Crippen molar-refractivity contribution in [2.75, 3.05) is 5.32 Å². The lowest BCUT2D eigenvalue weighted by molar-refractivity contribution is 0.659. The van der Waals surface area contributed by atoms with E-state index in [1.54, 1.807) is 0 Å². The largest absolute Gasteiger partial charge is 0.331 e. The first kappa shape index (κ1) is 23.8. The molecule has 4 aromatic heterocycles. The molecular weight excluding hydrogens is 569 g/mol. The van der Waals surface area contributed by atoms with Crippen molar-refractivity contribution in [3.05, 3.63) is 145 Å². The van der Waals surface area contributed by atoms with Crippen molar-refractivity contribution in [3.63, 3.8) is 0 Å². The molecule has 0 amide bonds. The van der Waals surface area contributed by atoms with Crippen LogP contribution in [0.2, 0.25) is 0 Å². The van der Waals surface area contributed by atoms with E-state index in [4.69, 9.17) is 4.99 Å². The topological polar surface area (TPSA) is 33.7 Å². The maximum absolute atomic E-state index is 5.57. The predicted molar refractivity (Wildman–Crippen MR) is 191 cm³/mol. The lowest BCUT2D eigenvalue weighted by Crippen LogP contribution is -2.23. The minimum atomic E-state index is -0.246. The Morgan fingerprint density at radius 2 is 1.18 bits per heavy atom. The zero-order valence-electron chi connectivity index (χ0n) is 24.0. The van der Waals surface area contributed by atoms with E-state index in [0.29, 0.717) is 0 Å². The van der Waals surface area contributed by atoms with Gasteiger partial charge in [-0.05, 0) is 30.3 Å². The van der Waals surface area contributed by atoms with Crippen molar-refractivity contribution >= 4 is 92.2 Å². The summed E-state index contributed by atoms with van der Waals surface area (Å²) in [6.07, 6.45) is -0.246. The van der Waals surface area contributed by atoms with E-state index < -0.39 is 0 Å². The van der Waals surface area contributed by atoms with Crippen LogP contribution in [0.3, 0.4) is 0 Å². The molecule has 10 aromatic rings. The number of para-hydroxylation sites is 3. The zero-order chi connectivity index (χ0) is 29.2. The van der Waals surface area contributed by atoms with Gasteiger partial charge in [-0.15, -0.1) is 11.3 Å². The van der Waals surface area contributed by atoms with Gasteiger partial charge in [-0.3, -0.25) is 0 Å². The monoisotopic (exact) mass is 592 g/mol. The highest BCUT2D eigenvalue weighted by atomic mass is 32.1. The molecule has 210 valence electrons. The molecule has 5 heterocycles. The lowest BCUT2D eigenvalue weighted by atomic mass is 10.0. The van der Waals surface area contributed by atoms with Gasteiger partial charge in [-0.25, -0.2) is 4.99 Å². The number of thiophene rings is 1. The number of nitrogens with one attached hydrogen (secondary N) is 1. The fourth-order valence-corrected chi connectivity index (χ4v) is 9.05. The Balaban J connectivity index is 1.36. The summed E-state index contributed by atoms with van der Waals surface area (Å²) in [4.78, 5) is 5.57. The fourth-order valence-electron chi connectivity index (χ4n) is 7.93. The molecule has 1 atom stereocenters. The molecule has 6 aromatic carbocycles. The average molecular weight is 593 g/mol. The lowest BCUT2D eigenvalue weighted by Gasteiger charge is -2.26. The molecule has 1 aliphatic rings. The van der Waals surface area contributed by atoms with E-state index in [2.05, 4.69) is 148 Å². The third-order valence-corrected chi connectivity index (χ3v) is 10.8. The summed E-state index contributed by atoms with van der Waals surface area (Å²) in [6.45, 7) is 0. The quantitative estimate of drug-likeness (QED) is 0.213. The molecule has 0 bridgehead atoms. The minimum Gasteiger partial charge on any atom is -0.331 e. The second kappa shape index (κ2) is 8.50. The van der Waals surface area contributed by atoms with Gasteiger partial charge in [0.1, 0.15) is 10.8 Å². The highest BCUT2D eigenvalue weighted by Gasteiger charge is 2.32. The third kappa shape index (κ3) is 2.98. The van der Waals surface area contributed by atoms with Crippen LogP contribution in [0.15, 0.2) is 138 Å². The second-order valence-electron chi connectivity index (χ2n) is 12.0. The Morgan fingerprint density at radius 1 is 0.556 bits per heavy atom. The van der Waals surface area contributed by atoms with E-state index in [-0.39, 0.29) is 6.17 Å². The number of fused-ring (bicyclic) bond motifs is 13. The van der Waals surface area contributed by atoms with Gasteiger partial charge in [0.2, 0.25) is 0 Å². The maximum Gasteiger partial charge on any atom is 0.157 e. The smallest absolute Gasteiger partial charge is 0.157 e. The van der Waals surface area contributed by atoms with E-state index in [0.717, 1.165) is 16.4 Å². The third-order valence-electron chi connectivity index (χ3n) is 9.71. The number of hydrogen-bond donors (Lipinski definition) is 1. The second-order valence-corrected chi connectivity index (χ2v) is 13.0. The Morgan fingerprint density at radius 3 is 1.98 bits per heavy atom. The van der Waals surface area contributed by atoms with Crippen LogP contribution in [0.25, 0.3) is 70.0 Å². The molecule has 1 aliphatic heterocycles. The van der Waals surface area contributed by atoms with Crippen LogP contribution in [0.5, 0.6) is 0 Å². The molecule has 11 rings (SSSR count).